The summed E-state index contributed by atoms with van der Waals surface area (Å²) in [7, 11) is 0. The van der Waals surface area contributed by atoms with Crippen molar-refractivity contribution in [3.8, 4) is 0 Å². The summed E-state index contributed by atoms with van der Waals surface area (Å²) in [6.07, 6.45) is 4.20. The topological polar surface area (TPSA) is 66.6 Å². The molecule has 7 heteroatoms. The van der Waals surface area contributed by atoms with Crippen molar-refractivity contribution in [3.05, 3.63) is 59.7 Å². The van der Waals surface area contributed by atoms with E-state index in [1.807, 2.05) is 19.2 Å². The van der Waals surface area contributed by atoms with Gasteiger partial charge >= 0.3 is 0 Å². The van der Waals surface area contributed by atoms with Crippen LogP contribution in [0.25, 0.3) is 5.78 Å². The van der Waals surface area contributed by atoms with Crippen LogP contribution >= 0.6 is 0 Å². The standard InChI is InChI=1S/C22H24N6O/c1-14-7-12-27-20(24-25-22(27)23-14)21(29)28-13-17(15-5-3-2-4-6-15)19-18(28)16-8-10-26(19)11-9-16/h2-7,12,16-19H,8-11,13H2,1H3/t17-,18+,19+/m0/s1. The van der Waals surface area contributed by atoms with Crippen molar-refractivity contribution in [3.63, 3.8) is 0 Å². The number of benzene rings is 1. The van der Waals surface area contributed by atoms with Gasteiger partial charge in [0.2, 0.25) is 5.82 Å². The molecule has 3 aromatic rings. The maximum absolute atomic E-state index is 13.7. The highest BCUT2D eigenvalue weighted by Gasteiger charge is 2.55. The van der Waals surface area contributed by atoms with Gasteiger partial charge in [-0.1, -0.05) is 30.3 Å². The normalized spacial score (nSPS) is 30.7. The van der Waals surface area contributed by atoms with Crippen LogP contribution in [-0.4, -0.2) is 67.0 Å². The summed E-state index contributed by atoms with van der Waals surface area (Å²) in [5.74, 6) is 1.74. The van der Waals surface area contributed by atoms with Crippen LogP contribution in [0, 0.1) is 12.8 Å². The van der Waals surface area contributed by atoms with Crippen LogP contribution in [0.5, 0.6) is 0 Å². The zero-order valence-electron chi connectivity index (χ0n) is 16.5. The van der Waals surface area contributed by atoms with Crippen molar-refractivity contribution >= 4 is 11.7 Å². The molecule has 7 nitrogen and oxygen atoms in total. The molecule has 29 heavy (non-hydrogen) atoms. The van der Waals surface area contributed by atoms with Crippen molar-refractivity contribution < 1.29 is 4.79 Å². The van der Waals surface area contributed by atoms with Gasteiger partial charge in [-0.2, -0.15) is 0 Å². The molecule has 2 bridgehead atoms. The van der Waals surface area contributed by atoms with Crippen LogP contribution in [0.15, 0.2) is 42.6 Å². The lowest BCUT2D eigenvalue weighted by atomic mass is 9.75. The Hall–Kier alpha value is -2.80. The third kappa shape index (κ3) is 2.53. The largest absolute Gasteiger partial charge is 0.330 e. The Kier molecular flexibility index (Phi) is 3.74. The SMILES string of the molecule is Cc1ccn2c(C(=O)N3C[C@@H](c4ccccc4)[C@@H]4[C@H]3C3CCN4CC3)nnc2n1. The van der Waals surface area contributed by atoms with Gasteiger partial charge < -0.3 is 4.90 Å². The number of carbonyl (C=O) groups excluding carboxylic acids is 1. The number of carbonyl (C=O) groups is 1. The first-order chi connectivity index (χ1) is 14.2. The number of nitrogens with zero attached hydrogens (tertiary/aromatic N) is 6. The smallest absolute Gasteiger partial charge is 0.292 e. The third-order valence-electron chi connectivity index (χ3n) is 7.09. The number of aryl methyl sites for hydroxylation is 1. The monoisotopic (exact) mass is 388 g/mol. The summed E-state index contributed by atoms with van der Waals surface area (Å²) in [4.78, 5) is 22.8. The number of likely N-dealkylation sites (tertiary alicyclic amines) is 1. The van der Waals surface area contributed by atoms with Gasteiger partial charge in [-0.3, -0.25) is 14.1 Å². The van der Waals surface area contributed by atoms with Crippen LogP contribution in [-0.2, 0) is 0 Å². The fraction of sp³-hybridized carbons (Fsp3) is 0.455. The van der Waals surface area contributed by atoms with Crippen LogP contribution in [0.4, 0.5) is 0 Å². The van der Waals surface area contributed by atoms with Crippen LogP contribution in [0.3, 0.4) is 0 Å². The number of hydrogen-bond acceptors (Lipinski definition) is 5. The highest BCUT2D eigenvalue weighted by molar-refractivity contribution is 5.92. The molecule has 3 atom stereocenters. The average molecular weight is 388 g/mol. The van der Waals surface area contributed by atoms with E-state index >= 15 is 0 Å². The Morgan fingerprint density at radius 2 is 1.83 bits per heavy atom. The minimum absolute atomic E-state index is 0.0228. The molecule has 0 N–H and O–H groups in total. The van der Waals surface area contributed by atoms with Crippen LogP contribution in [0.1, 0.15) is 40.6 Å². The van der Waals surface area contributed by atoms with Gasteiger partial charge in [0.05, 0.1) is 6.04 Å². The van der Waals surface area contributed by atoms with Gasteiger partial charge in [-0.15, -0.1) is 10.2 Å². The van der Waals surface area contributed by atoms with Gasteiger partial charge in [0.25, 0.3) is 11.7 Å². The lowest BCUT2D eigenvalue weighted by Crippen LogP contribution is -2.60. The zero-order chi connectivity index (χ0) is 19.5. The van der Waals surface area contributed by atoms with E-state index in [-0.39, 0.29) is 11.9 Å². The molecular weight excluding hydrogens is 364 g/mol. The minimum Gasteiger partial charge on any atom is -0.330 e. The van der Waals surface area contributed by atoms with Gasteiger partial charge in [-0.05, 0) is 50.4 Å². The predicted octanol–water partition coefficient (Wildman–Crippen LogP) is 2.14. The Labute approximate surface area is 169 Å². The molecule has 0 saturated carbocycles. The highest BCUT2D eigenvalue weighted by Crippen LogP contribution is 2.46. The van der Waals surface area contributed by atoms with Crippen molar-refractivity contribution in [2.45, 2.75) is 37.8 Å². The van der Waals surface area contributed by atoms with Crippen LogP contribution in [0.2, 0.25) is 0 Å². The van der Waals surface area contributed by atoms with Crippen molar-refractivity contribution in [1.82, 2.24) is 29.4 Å². The van der Waals surface area contributed by atoms with E-state index in [0.717, 1.165) is 25.3 Å². The van der Waals surface area contributed by atoms with Crippen LogP contribution < -0.4 is 0 Å². The number of amides is 1. The molecule has 2 aromatic heterocycles. The fourth-order valence-corrected chi connectivity index (χ4v) is 5.80. The summed E-state index contributed by atoms with van der Waals surface area (Å²) in [5.41, 5.74) is 2.19. The first-order valence-electron chi connectivity index (χ1n) is 10.5. The Morgan fingerprint density at radius 1 is 1.03 bits per heavy atom. The van der Waals surface area contributed by atoms with E-state index < -0.39 is 0 Å². The number of rotatable bonds is 2. The van der Waals surface area contributed by atoms with E-state index in [1.165, 1.54) is 18.4 Å². The molecule has 0 radical (unpaired) electrons. The molecule has 0 unspecified atom stereocenters. The molecule has 4 saturated heterocycles. The Balaban J connectivity index is 1.41. The predicted molar refractivity (Wildman–Crippen MR) is 108 cm³/mol. The zero-order valence-corrected chi connectivity index (χ0v) is 16.5. The Morgan fingerprint density at radius 3 is 2.62 bits per heavy atom. The second-order valence-corrected chi connectivity index (χ2v) is 8.59. The van der Waals surface area contributed by atoms with Gasteiger partial charge in [-0.25, -0.2) is 4.98 Å². The third-order valence-corrected chi connectivity index (χ3v) is 7.09. The number of hydrogen-bond donors (Lipinski definition) is 0. The Bertz CT molecular complexity index is 1070. The van der Waals surface area contributed by atoms with Crippen molar-refractivity contribution in [2.75, 3.05) is 19.6 Å². The number of piperidine rings is 3. The lowest BCUT2D eigenvalue weighted by Gasteiger charge is -2.51. The summed E-state index contributed by atoms with van der Waals surface area (Å²) in [6, 6.07) is 13.2. The molecular formula is C22H24N6O. The van der Waals surface area contributed by atoms with E-state index in [9.17, 15) is 4.79 Å². The number of fused-ring (bicyclic) bond motifs is 3. The molecule has 0 aliphatic carbocycles. The molecule has 148 valence electrons. The van der Waals surface area contributed by atoms with E-state index in [1.54, 1.807) is 4.40 Å². The highest BCUT2D eigenvalue weighted by atomic mass is 16.2. The van der Waals surface area contributed by atoms with Gasteiger partial charge in [0, 0.05) is 30.4 Å². The summed E-state index contributed by atoms with van der Waals surface area (Å²) >= 11 is 0. The summed E-state index contributed by atoms with van der Waals surface area (Å²) < 4.78 is 1.72. The van der Waals surface area contributed by atoms with Gasteiger partial charge in [0.1, 0.15) is 0 Å². The number of aromatic nitrogens is 4. The van der Waals surface area contributed by atoms with E-state index in [2.05, 4.69) is 55.3 Å². The fourth-order valence-electron chi connectivity index (χ4n) is 5.80. The molecule has 1 aromatic carbocycles. The first-order valence-corrected chi connectivity index (χ1v) is 10.5. The average Bonchev–Trinajstić information content (AvgIpc) is 3.38. The maximum Gasteiger partial charge on any atom is 0.292 e. The molecule has 4 fully saturated rings. The summed E-state index contributed by atoms with van der Waals surface area (Å²) in [6.45, 7) is 4.95. The molecule has 4 aliphatic heterocycles. The summed E-state index contributed by atoms with van der Waals surface area (Å²) in [5, 5.41) is 8.37. The lowest BCUT2D eigenvalue weighted by molar-refractivity contribution is -0.00381. The molecule has 4 aliphatic rings. The first kappa shape index (κ1) is 17.1. The second kappa shape index (κ2) is 6.35. The van der Waals surface area contributed by atoms with E-state index in [4.69, 9.17) is 0 Å². The minimum atomic E-state index is -0.0228. The molecule has 1 amide bonds. The van der Waals surface area contributed by atoms with E-state index in [0.29, 0.717) is 29.5 Å². The van der Waals surface area contributed by atoms with Gasteiger partial charge in [0.15, 0.2) is 0 Å². The second-order valence-electron chi connectivity index (χ2n) is 8.59. The molecule has 6 heterocycles. The molecule has 0 spiro atoms. The maximum atomic E-state index is 13.7. The van der Waals surface area contributed by atoms with Crippen molar-refractivity contribution in [1.29, 1.82) is 0 Å². The van der Waals surface area contributed by atoms with Crippen molar-refractivity contribution in [2.24, 2.45) is 5.92 Å². The molecule has 7 rings (SSSR count). The quantitative estimate of drug-likeness (QED) is 0.673.